The van der Waals surface area contributed by atoms with Crippen LogP contribution in [0.5, 0.6) is 0 Å². The molecular formula is C23H29FN4O4. The van der Waals surface area contributed by atoms with Crippen molar-refractivity contribution in [2.75, 3.05) is 5.32 Å². The van der Waals surface area contributed by atoms with E-state index in [2.05, 4.69) is 15.7 Å². The lowest BCUT2D eigenvalue weighted by molar-refractivity contribution is -0.136. The van der Waals surface area contributed by atoms with E-state index in [0.29, 0.717) is 17.8 Å². The molecule has 1 fully saturated rings. The number of hydrogen-bond acceptors (Lipinski definition) is 4. The van der Waals surface area contributed by atoms with Crippen LogP contribution in [0.15, 0.2) is 30.5 Å². The van der Waals surface area contributed by atoms with Crippen LogP contribution in [-0.4, -0.2) is 38.7 Å². The average Bonchev–Trinajstić information content (AvgIpc) is 3.08. The van der Waals surface area contributed by atoms with Gasteiger partial charge in [-0.05, 0) is 49.4 Å². The molecule has 1 aromatic heterocycles. The van der Waals surface area contributed by atoms with Crippen LogP contribution < -0.4 is 10.6 Å². The zero-order valence-electron chi connectivity index (χ0n) is 18.1. The molecule has 1 atom stereocenters. The Bertz CT molecular complexity index is 967. The van der Waals surface area contributed by atoms with Crippen LogP contribution >= 0.6 is 0 Å². The van der Waals surface area contributed by atoms with E-state index in [0.717, 1.165) is 44.6 Å². The Hall–Kier alpha value is -3.23. The van der Waals surface area contributed by atoms with E-state index in [9.17, 15) is 18.8 Å². The number of carboxylic acids is 1. The van der Waals surface area contributed by atoms with Gasteiger partial charge in [-0.15, -0.1) is 0 Å². The molecule has 9 heteroatoms. The highest BCUT2D eigenvalue weighted by Gasteiger charge is 2.31. The van der Waals surface area contributed by atoms with Crippen molar-refractivity contribution in [2.24, 2.45) is 5.92 Å². The third-order valence-corrected chi connectivity index (χ3v) is 5.84. The van der Waals surface area contributed by atoms with E-state index < -0.39 is 29.6 Å². The highest BCUT2D eigenvalue weighted by molar-refractivity contribution is 6.00. The van der Waals surface area contributed by atoms with Gasteiger partial charge in [-0.2, -0.15) is 5.10 Å². The largest absolute Gasteiger partial charge is 0.481 e. The summed E-state index contributed by atoms with van der Waals surface area (Å²) >= 11 is 0. The molecule has 2 amide bonds. The summed E-state index contributed by atoms with van der Waals surface area (Å²) in [5, 5.41) is 18.4. The Kier molecular flexibility index (Phi) is 7.97. The molecule has 0 saturated heterocycles. The fraction of sp³-hybridized carbons (Fsp3) is 0.478. The first-order valence-corrected chi connectivity index (χ1v) is 11.0. The zero-order valence-corrected chi connectivity index (χ0v) is 18.1. The summed E-state index contributed by atoms with van der Waals surface area (Å²) in [5.74, 6) is -2.73. The maximum Gasteiger partial charge on any atom is 0.307 e. The van der Waals surface area contributed by atoms with Gasteiger partial charge in [-0.1, -0.05) is 31.7 Å². The number of nitrogens with zero attached hydrogens (tertiary/aromatic N) is 2. The van der Waals surface area contributed by atoms with Crippen molar-refractivity contribution in [3.63, 3.8) is 0 Å². The fourth-order valence-electron chi connectivity index (χ4n) is 4.19. The molecule has 1 saturated carbocycles. The molecule has 3 N–H and O–H groups in total. The lowest BCUT2D eigenvalue weighted by atomic mass is 9.91. The van der Waals surface area contributed by atoms with Crippen LogP contribution in [0.3, 0.4) is 0 Å². The van der Waals surface area contributed by atoms with Gasteiger partial charge in [0.15, 0.2) is 0 Å². The average molecular weight is 445 g/mol. The highest BCUT2D eigenvalue weighted by Crippen LogP contribution is 2.27. The first kappa shape index (κ1) is 23.4. The second-order valence-corrected chi connectivity index (χ2v) is 8.11. The van der Waals surface area contributed by atoms with Crippen LogP contribution in [0, 0.1) is 11.7 Å². The number of aryl methyl sites for hydroxylation is 1. The van der Waals surface area contributed by atoms with Gasteiger partial charge in [0.1, 0.15) is 17.6 Å². The number of amides is 2. The molecule has 0 aliphatic heterocycles. The number of carbonyl (C=O) groups excluding carboxylic acids is 2. The van der Waals surface area contributed by atoms with Crippen LogP contribution in [0.25, 0.3) is 0 Å². The van der Waals surface area contributed by atoms with Gasteiger partial charge in [-0.25, -0.2) is 4.39 Å². The number of rotatable bonds is 8. The maximum atomic E-state index is 14.5. The molecule has 1 aliphatic rings. The van der Waals surface area contributed by atoms with E-state index in [1.165, 1.54) is 18.3 Å². The molecule has 172 valence electrons. The smallest absolute Gasteiger partial charge is 0.307 e. The SMILES string of the molecule is CCn1nccc1C(=O)N[C@H](C(=O)Nc1ccc(CC(=O)O)cc1F)C1CCCCCC1. The van der Waals surface area contributed by atoms with E-state index >= 15 is 0 Å². The van der Waals surface area contributed by atoms with Crippen molar-refractivity contribution in [3.05, 3.63) is 47.5 Å². The van der Waals surface area contributed by atoms with E-state index in [1.807, 2.05) is 6.92 Å². The number of halogens is 1. The summed E-state index contributed by atoms with van der Waals surface area (Å²) < 4.78 is 16.1. The lowest BCUT2D eigenvalue weighted by Gasteiger charge is -2.26. The predicted octanol–water partition coefficient (Wildman–Crippen LogP) is 3.38. The number of hydrogen-bond donors (Lipinski definition) is 3. The van der Waals surface area contributed by atoms with Crippen LogP contribution in [0.4, 0.5) is 10.1 Å². The molecule has 2 aromatic rings. The highest BCUT2D eigenvalue weighted by atomic mass is 19.1. The monoisotopic (exact) mass is 444 g/mol. The van der Waals surface area contributed by atoms with Crippen molar-refractivity contribution in [2.45, 2.75) is 64.5 Å². The Morgan fingerprint density at radius 2 is 1.91 bits per heavy atom. The number of nitrogens with one attached hydrogen (secondary N) is 2. The fourth-order valence-corrected chi connectivity index (χ4v) is 4.19. The quantitative estimate of drug-likeness (QED) is 0.540. The summed E-state index contributed by atoms with van der Waals surface area (Å²) in [6.45, 7) is 2.39. The van der Waals surface area contributed by atoms with Crippen LogP contribution in [0.2, 0.25) is 0 Å². The number of aromatic nitrogens is 2. The zero-order chi connectivity index (χ0) is 23.1. The van der Waals surface area contributed by atoms with Gasteiger partial charge in [0.05, 0.1) is 12.1 Å². The normalized spacial score (nSPS) is 15.6. The van der Waals surface area contributed by atoms with Crippen LogP contribution in [0.1, 0.15) is 61.5 Å². The van der Waals surface area contributed by atoms with Gasteiger partial charge >= 0.3 is 5.97 Å². The number of benzene rings is 1. The summed E-state index contributed by atoms with van der Waals surface area (Å²) in [7, 11) is 0. The van der Waals surface area contributed by atoms with Gasteiger partial charge < -0.3 is 15.7 Å². The molecule has 3 rings (SSSR count). The summed E-state index contributed by atoms with van der Waals surface area (Å²) in [4.78, 5) is 36.9. The van der Waals surface area contributed by atoms with Crippen molar-refractivity contribution in [1.29, 1.82) is 0 Å². The maximum absolute atomic E-state index is 14.5. The molecule has 1 aliphatic carbocycles. The lowest BCUT2D eigenvalue weighted by Crippen LogP contribution is -2.49. The molecule has 1 heterocycles. The Morgan fingerprint density at radius 1 is 1.19 bits per heavy atom. The number of carbonyl (C=O) groups is 3. The molecule has 0 radical (unpaired) electrons. The van der Waals surface area contributed by atoms with E-state index in [4.69, 9.17) is 5.11 Å². The topological polar surface area (TPSA) is 113 Å². The van der Waals surface area contributed by atoms with Crippen molar-refractivity contribution >= 4 is 23.5 Å². The van der Waals surface area contributed by atoms with Crippen molar-refractivity contribution < 1.29 is 23.9 Å². The van der Waals surface area contributed by atoms with Gasteiger partial charge in [0.25, 0.3) is 5.91 Å². The van der Waals surface area contributed by atoms with E-state index in [1.54, 1.807) is 10.7 Å². The van der Waals surface area contributed by atoms with Crippen molar-refractivity contribution in [1.82, 2.24) is 15.1 Å². The van der Waals surface area contributed by atoms with Gasteiger partial charge in [-0.3, -0.25) is 19.1 Å². The second-order valence-electron chi connectivity index (χ2n) is 8.11. The number of carboxylic acid groups (broad SMARTS) is 1. The minimum absolute atomic E-state index is 0.0457. The molecule has 32 heavy (non-hydrogen) atoms. The molecule has 8 nitrogen and oxygen atoms in total. The Labute approximate surface area is 186 Å². The van der Waals surface area contributed by atoms with Crippen LogP contribution in [-0.2, 0) is 22.6 Å². The molecule has 1 aromatic carbocycles. The molecular weight excluding hydrogens is 415 g/mol. The van der Waals surface area contributed by atoms with Crippen molar-refractivity contribution in [3.8, 4) is 0 Å². The minimum Gasteiger partial charge on any atom is -0.481 e. The third-order valence-electron chi connectivity index (χ3n) is 5.84. The third kappa shape index (κ3) is 5.93. The first-order chi connectivity index (χ1) is 15.4. The Balaban J connectivity index is 1.80. The Morgan fingerprint density at radius 3 is 2.53 bits per heavy atom. The first-order valence-electron chi connectivity index (χ1n) is 11.0. The second kappa shape index (κ2) is 10.9. The summed E-state index contributed by atoms with van der Waals surface area (Å²) in [6.07, 6.45) is 6.92. The van der Waals surface area contributed by atoms with Gasteiger partial charge in [0.2, 0.25) is 5.91 Å². The molecule has 0 spiro atoms. The van der Waals surface area contributed by atoms with E-state index in [-0.39, 0.29) is 18.0 Å². The summed E-state index contributed by atoms with van der Waals surface area (Å²) in [6, 6.07) is 4.69. The molecule has 0 bridgehead atoms. The standard InChI is InChI=1S/C23H29FN4O4/c1-2-28-19(11-12-25-28)22(31)27-21(16-7-5-3-4-6-8-16)23(32)26-18-10-9-15(13-17(18)24)14-20(29)30/h9-13,16,21H,2-8,14H2,1H3,(H,26,32)(H,27,31)(H,29,30)/t21-/m0/s1. The minimum atomic E-state index is -1.07. The number of anilines is 1. The number of aliphatic carboxylic acids is 1. The van der Waals surface area contributed by atoms with Gasteiger partial charge in [0, 0.05) is 12.7 Å². The molecule has 0 unspecified atom stereocenters. The predicted molar refractivity (Wildman–Crippen MR) is 117 cm³/mol. The summed E-state index contributed by atoms with van der Waals surface area (Å²) in [5.41, 5.74) is 0.619.